The zero-order chi connectivity index (χ0) is 35.5. The Bertz CT molecular complexity index is 1830. The third-order valence-corrected chi connectivity index (χ3v) is 11.1. The summed E-state index contributed by atoms with van der Waals surface area (Å²) in [5, 5.41) is 0. The van der Waals surface area contributed by atoms with Gasteiger partial charge in [-0.3, -0.25) is 9.59 Å². The number of hydrogen-bond acceptors (Lipinski definition) is 7. The van der Waals surface area contributed by atoms with Crippen molar-refractivity contribution in [3.05, 3.63) is 111 Å². The van der Waals surface area contributed by atoms with E-state index < -0.39 is 31.1 Å². The van der Waals surface area contributed by atoms with Gasteiger partial charge in [-0.25, -0.2) is 4.57 Å². The molecule has 0 amide bonds. The molecule has 3 aromatic rings. The van der Waals surface area contributed by atoms with Gasteiger partial charge in [-0.1, -0.05) is 113 Å². The molecule has 0 bridgehead atoms. The predicted octanol–water partition coefficient (Wildman–Crippen LogP) is 9.50. The second-order valence-electron chi connectivity index (χ2n) is 15.1. The average Bonchev–Trinajstić information content (AvgIpc) is 3.33. The number of hydrogen-bond donors (Lipinski definition) is 0. The molecule has 0 fully saturated rings. The van der Waals surface area contributed by atoms with Gasteiger partial charge in [-0.15, -0.1) is 0 Å². The van der Waals surface area contributed by atoms with Crippen LogP contribution in [0.5, 0.6) is 11.5 Å². The maximum absolute atomic E-state index is 16.2. The maximum atomic E-state index is 16.2. The van der Waals surface area contributed by atoms with Crippen LogP contribution in [0.1, 0.15) is 98.6 Å². The molecule has 5 rings (SSSR count). The van der Waals surface area contributed by atoms with Gasteiger partial charge in [0.2, 0.25) is 0 Å². The van der Waals surface area contributed by atoms with Crippen molar-refractivity contribution in [2.45, 2.75) is 85.2 Å². The minimum absolute atomic E-state index is 0.326. The second kappa shape index (κ2) is 12.4. The molecule has 48 heavy (non-hydrogen) atoms. The van der Waals surface area contributed by atoms with Gasteiger partial charge in [0.15, 0.2) is 5.92 Å². The standard InChI is InChI=1S/C40H47O7P/c1-22(2)31-32(33(37(41)44-11)38(42)45-12)27-15-13-14-16-28(27)36(31)48(43)46-34-25(17-23(3)19-29(34)39(5,6)7)21-26-18-24(4)20-30(35(26)47-48)40(8,9)10/h13-20,33,36H,1,21H2,2-12H3. The smallest absolute Gasteiger partial charge is 0.442 e. The fourth-order valence-electron chi connectivity index (χ4n) is 6.97. The molecule has 1 atom stereocenters. The third kappa shape index (κ3) is 6.14. The molecule has 3 aromatic carbocycles. The van der Waals surface area contributed by atoms with E-state index in [4.69, 9.17) is 18.5 Å². The number of carbonyl (C=O) groups is 2. The van der Waals surface area contributed by atoms with E-state index in [0.29, 0.717) is 45.8 Å². The van der Waals surface area contributed by atoms with Crippen LogP contribution in [0.25, 0.3) is 5.57 Å². The Kier molecular flexibility index (Phi) is 9.11. The van der Waals surface area contributed by atoms with Crippen LogP contribution in [0, 0.1) is 19.8 Å². The van der Waals surface area contributed by atoms with Gasteiger partial charge < -0.3 is 18.5 Å². The first-order valence-electron chi connectivity index (χ1n) is 16.2. The van der Waals surface area contributed by atoms with Gasteiger partial charge in [0.25, 0.3) is 0 Å². The number of methoxy groups -OCH3 is 2. The van der Waals surface area contributed by atoms with Crippen molar-refractivity contribution in [1.82, 2.24) is 0 Å². The molecule has 7 nitrogen and oxygen atoms in total. The van der Waals surface area contributed by atoms with E-state index in [9.17, 15) is 9.59 Å². The molecule has 1 aliphatic heterocycles. The highest BCUT2D eigenvalue weighted by atomic mass is 31.2. The number of ether oxygens (including phenoxy) is 2. The van der Waals surface area contributed by atoms with Gasteiger partial charge in [-0.2, -0.15) is 0 Å². The Morgan fingerprint density at radius 2 is 1.29 bits per heavy atom. The van der Waals surface area contributed by atoms with E-state index in [0.717, 1.165) is 33.4 Å². The van der Waals surface area contributed by atoms with Crippen molar-refractivity contribution < 1.29 is 32.7 Å². The number of aryl methyl sites for hydroxylation is 2. The number of esters is 2. The van der Waals surface area contributed by atoms with Crippen LogP contribution in [0.15, 0.2) is 66.3 Å². The quantitative estimate of drug-likeness (QED) is 0.152. The first-order valence-corrected chi connectivity index (χ1v) is 17.8. The Morgan fingerprint density at radius 1 is 0.833 bits per heavy atom. The summed E-state index contributed by atoms with van der Waals surface area (Å²) in [6, 6.07) is 15.6. The van der Waals surface area contributed by atoms with Gasteiger partial charge in [0.05, 0.1) is 14.2 Å². The van der Waals surface area contributed by atoms with Crippen LogP contribution in [0.3, 0.4) is 0 Å². The first-order chi connectivity index (χ1) is 22.3. The van der Waals surface area contributed by atoms with Gasteiger partial charge in [0, 0.05) is 17.5 Å². The molecule has 1 heterocycles. The van der Waals surface area contributed by atoms with Crippen LogP contribution < -0.4 is 9.05 Å². The first kappa shape index (κ1) is 35.2. The lowest BCUT2D eigenvalue weighted by molar-refractivity contribution is -0.155. The molecular weight excluding hydrogens is 623 g/mol. The van der Waals surface area contributed by atoms with Crippen LogP contribution in [0.2, 0.25) is 0 Å². The number of fused-ring (bicyclic) bond motifs is 3. The lowest BCUT2D eigenvalue weighted by Gasteiger charge is -2.36. The van der Waals surface area contributed by atoms with E-state index in [1.807, 2.05) is 18.2 Å². The molecule has 0 radical (unpaired) electrons. The second-order valence-corrected chi connectivity index (χ2v) is 17.0. The van der Waals surface area contributed by atoms with Crippen molar-refractivity contribution in [1.29, 1.82) is 0 Å². The highest BCUT2D eigenvalue weighted by Crippen LogP contribution is 2.70. The average molecular weight is 671 g/mol. The highest BCUT2D eigenvalue weighted by molar-refractivity contribution is 7.55. The molecule has 0 saturated heterocycles. The Morgan fingerprint density at radius 3 is 1.71 bits per heavy atom. The topological polar surface area (TPSA) is 88.1 Å². The molecule has 2 aliphatic rings. The molecule has 0 N–H and O–H groups in total. The van der Waals surface area contributed by atoms with Crippen LogP contribution in [-0.2, 0) is 40.9 Å². The van der Waals surface area contributed by atoms with Crippen molar-refractivity contribution in [2.75, 3.05) is 14.2 Å². The van der Waals surface area contributed by atoms with Gasteiger partial charge in [0.1, 0.15) is 17.2 Å². The summed E-state index contributed by atoms with van der Waals surface area (Å²) in [6.07, 6.45) is 0.516. The van der Waals surface area contributed by atoms with E-state index in [1.165, 1.54) is 14.2 Å². The number of allylic oxidation sites excluding steroid dienone is 2. The minimum atomic E-state index is -4.34. The van der Waals surface area contributed by atoms with Crippen molar-refractivity contribution in [3.8, 4) is 11.5 Å². The SMILES string of the molecule is C=C(C)C1=C(C(C(=O)OC)C(=O)OC)c2ccccc2C1P1(=O)Oc2c(cc(C)cc2C(C)(C)C)Cc2cc(C)cc(C(C)(C)C)c2O1. The van der Waals surface area contributed by atoms with Crippen molar-refractivity contribution in [3.63, 3.8) is 0 Å². The third-order valence-electron chi connectivity index (χ3n) is 9.10. The lowest BCUT2D eigenvalue weighted by atomic mass is 9.81. The van der Waals surface area contributed by atoms with Crippen LogP contribution in [-0.4, -0.2) is 26.2 Å². The summed E-state index contributed by atoms with van der Waals surface area (Å²) >= 11 is 0. The fraction of sp³-hybridized carbons (Fsp3) is 0.400. The molecule has 0 saturated carbocycles. The lowest BCUT2D eigenvalue weighted by Crippen LogP contribution is -2.28. The molecule has 1 aliphatic carbocycles. The molecule has 1 unspecified atom stereocenters. The molecule has 0 aromatic heterocycles. The van der Waals surface area contributed by atoms with Crippen LogP contribution in [0.4, 0.5) is 0 Å². The molecule has 0 spiro atoms. The normalized spacial score (nSPS) is 16.9. The van der Waals surface area contributed by atoms with Crippen molar-refractivity contribution in [2.24, 2.45) is 5.92 Å². The number of rotatable bonds is 5. The molecule has 254 valence electrons. The van der Waals surface area contributed by atoms with E-state index in [2.05, 4.69) is 86.2 Å². The van der Waals surface area contributed by atoms with Crippen molar-refractivity contribution >= 4 is 25.1 Å². The van der Waals surface area contributed by atoms with E-state index in [-0.39, 0.29) is 10.8 Å². The minimum Gasteiger partial charge on any atom is -0.468 e. The maximum Gasteiger partial charge on any atom is 0.442 e. The Hall–Kier alpha value is -4.09. The summed E-state index contributed by atoms with van der Waals surface area (Å²) in [5.41, 5.74) is 6.43. The zero-order valence-corrected chi connectivity index (χ0v) is 30.9. The number of benzene rings is 3. The largest absolute Gasteiger partial charge is 0.468 e. The molecule has 8 heteroatoms. The Labute approximate surface area is 284 Å². The summed E-state index contributed by atoms with van der Waals surface area (Å²) < 4.78 is 40.4. The fourth-order valence-corrected chi connectivity index (χ4v) is 9.40. The zero-order valence-electron chi connectivity index (χ0n) is 30.0. The van der Waals surface area contributed by atoms with Gasteiger partial charge >= 0.3 is 19.5 Å². The summed E-state index contributed by atoms with van der Waals surface area (Å²) in [7, 11) is -1.89. The molecular formula is C40H47O7P. The summed E-state index contributed by atoms with van der Waals surface area (Å²) in [4.78, 5) is 26.6. The summed E-state index contributed by atoms with van der Waals surface area (Å²) in [5.74, 6) is -2.00. The monoisotopic (exact) mass is 670 g/mol. The van der Waals surface area contributed by atoms with Gasteiger partial charge in [-0.05, 0) is 65.0 Å². The van der Waals surface area contributed by atoms with E-state index >= 15 is 4.57 Å². The Balaban J connectivity index is 1.93. The van der Waals surface area contributed by atoms with Crippen LogP contribution >= 0.6 is 7.60 Å². The highest BCUT2D eigenvalue weighted by Gasteiger charge is 2.53. The predicted molar refractivity (Wildman–Crippen MR) is 190 cm³/mol. The van der Waals surface area contributed by atoms with E-state index in [1.54, 1.807) is 13.0 Å². The summed E-state index contributed by atoms with van der Waals surface area (Å²) in [6.45, 7) is 22.8. The number of carbonyl (C=O) groups excluding carboxylic acids is 2.